The van der Waals surface area contributed by atoms with Gasteiger partial charge in [0.2, 0.25) is 0 Å². The van der Waals surface area contributed by atoms with Crippen LogP contribution in [0.25, 0.3) is 11.4 Å². The molecule has 0 saturated carbocycles. The van der Waals surface area contributed by atoms with Crippen LogP contribution in [-0.2, 0) is 6.42 Å². The Hall–Kier alpha value is -2.80. The highest BCUT2D eigenvalue weighted by Crippen LogP contribution is 2.44. The highest BCUT2D eigenvalue weighted by atomic mass is 35.5. The Bertz CT molecular complexity index is 1100. The van der Waals surface area contributed by atoms with Crippen LogP contribution in [0.1, 0.15) is 52.7 Å². The highest BCUT2D eigenvalue weighted by Gasteiger charge is 2.43. The van der Waals surface area contributed by atoms with Crippen molar-refractivity contribution in [2.24, 2.45) is 0 Å². The molecule has 4 heterocycles. The fourth-order valence-corrected chi connectivity index (χ4v) is 4.85. The Morgan fingerprint density at radius 2 is 2.14 bits per heavy atom. The fourth-order valence-electron chi connectivity index (χ4n) is 4.60. The smallest absolute Gasteiger partial charge is 0.256 e. The molecule has 2 atom stereocenters. The van der Waals surface area contributed by atoms with Crippen LogP contribution in [0, 0.1) is 12.7 Å². The Morgan fingerprint density at radius 1 is 1.28 bits per heavy atom. The third-order valence-corrected chi connectivity index (χ3v) is 6.11. The molecule has 29 heavy (non-hydrogen) atoms. The molecule has 0 radical (unpaired) electrons. The monoisotopic (exact) mass is 411 g/mol. The zero-order valence-electron chi connectivity index (χ0n) is 15.8. The number of benzene rings is 1. The van der Waals surface area contributed by atoms with Gasteiger partial charge in [0, 0.05) is 17.8 Å². The average Bonchev–Trinajstić information content (AvgIpc) is 3.22. The Balaban J connectivity index is 1.61. The molecule has 1 fully saturated rings. The minimum Gasteiger partial charge on any atom is -0.327 e. The summed E-state index contributed by atoms with van der Waals surface area (Å²) in [5.41, 5.74) is 4.00. The number of aromatic nitrogens is 4. The van der Waals surface area contributed by atoms with E-state index >= 15 is 0 Å². The standard InChI is InChI=1S/C21H19ClFN5O/c1-11-25-19(17-7-8-24-27-17)15-10-13-3-2-4-18(20(15)26-11)28(13)21(29)14-6-5-12(23)9-16(14)22/h5-9,13,18H,2-4,10H2,1H3,(H,24,27)/t13-,18+/m1/s1. The molecule has 1 aromatic carbocycles. The second-order valence-corrected chi connectivity index (χ2v) is 8.00. The summed E-state index contributed by atoms with van der Waals surface area (Å²) in [7, 11) is 0. The predicted molar refractivity (Wildman–Crippen MR) is 106 cm³/mol. The van der Waals surface area contributed by atoms with Crippen LogP contribution in [0.15, 0.2) is 30.5 Å². The van der Waals surface area contributed by atoms with E-state index in [0.717, 1.165) is 41.9 Å². The van der Waals surface area contributed by atoms with Gasteiger partial charge in [0.15, 0.2) is 0 Å². The quantitative estimate of drug-likeness (QED) is 0.683. The zero-order valence-corrected chi connectivity index (χ0v) is 16.6. The second kappa shape index (κ2) is 6.91. The lowest BCUT2D eigenvalue weighted by atomic mass is 9.81. The largest absolute Gasteiger partial charge is 0.327 e. The number of H-pyrrole nitrogens is 1. The number of hydrogen-bond acceptors (Lipinski definition) is 4. The number of hydrogen-bond donors (Lipinski definition) is 1. The number of rotatable bonds is 2. The number of aryl methyl sites for hydroxylation is 1. The minimum absolute atomic E-state index is 0.0304. The van der Waals surface area contributed by atoms with E-state index in [1.54, 1.807) is 6.20 Å². The first-order valence-electron chi connectivity index (χ1n) is 9.68. The molecule has 1 saturated heterocycles. The van der Waals surface area contributed by atoms with Gasteiger partial charge >= 0.3 is 0 Å². The molecule has 3 aromatic rings. The Morgan fingerprint density at radius 3 is 2.90 bits per heavy atom. The second-order valence-electron chi connectivity index (χ2n) is 7.59. The minimum atomic E-state index is -0.455. The number of carbonyl (C=O) groups is 1. The molecule has 6 nitrogen and oxygen atoms in total. The summed E-state index contributed by atoms with van der Waals surface area (Å²) < 4.78 is 13.5. The van der Waals surface area contributed by atoms with Crippen molar-refractivity contribution < 1.29 is 9.18 Å². The van der Waals surface area contributed by atoms with E-state index in [1.165, 1.54) is 18.2 Å². The first-order chi connectivity index (χ1) is 14.0. The van der Waals surface area contributed by atoms with Gasteiger partial charge in [-0.05, 0) is 56.9 Å². The molecule has 148 valence electrons. The van der Waals surface area contributed by atoms with Crippen LogP contribution in [0.2, 0.25) is 5.02 Å². The molecule has 8 heteroatoms. The fraction of sp³-hybridized carbons (Fsp3) is 0.333. The first-order valence-corrected chi connectivity index (χ1v) is 10.1. The van der Waals surface area contributed by atoms with Gasteiger partial charge in [0.1, 0.15) is 11.6 Å². The number of carbonyl (C=O) groups excluding carboxylic acids is 1. The number of halogens is 2. The SMILES string of the molecule is Cc1nc(-c2ccn[nH]2)c2c(n1)[C@@H]1CCC[C@H](C2)N1C(=O)c1ccc(F)cc1Cl. The Labute approximate surface area is 172 Å². The van der Waals surface area contributed by atoms with Gasteiger partial charge in [-0.3, -0.25) is 9.89 Å². The van der Waals surface area contributed by atoms with Crippen LogP contribution in [-0.4, -0.2) is 37.0 Å². The summed E-state index contributed by atoms with van der Waals surface area (Å²) in [5.74, 6) is 0.0302. The van der Waals surface area contributed by atoms with E-state index in [1.807, 2.05) is 17.9 Å². The molecule has 0 spiro atoms. The van der Waals surface area contributed by atoms with Crippen LogP contribution in [0.4, 0.5) is 4.39 Å². The maximum Gasteiger partial charge on any atom is 0.256 e. The van der Waals surface area contributed by atoms with Crippen LogP contribution >= 0.6 is 11.6 Å². The van der Waals surface area contributed by atoms with Gasteiger partial charge in [-0.2, -0.15) is 5.10 Å². The topological polar surface area (TPSA) is 74.8 Å². The normalized spacial score (nSPS) is 20.4. The molecule has 1 N–H and O–H groups in total. The van der Waals surface area contributed by atoms with Crippen molar-refractivity contribution in [3.8, 4) is 11.4 Å². The summed E-state index contributed by atoms with van der Waals surface area (Å²) in [6.07, 6.45) is 5.13. The number of aromatic amines is 1. The molecule has 0 unspecified atom stereocenters. The maximum absolute atomic E-state index is 13.5. The van der Waals surface area contributed by atoms with E-state index in [9.17, 15) is 9.18 Å². The van der Waals surface area contributed by atoms with E-state index < -0.39 is 5.82 Å². The van der Waals surface area contributed by atoms with E-state index in [4.69, 9.17) is 16.6 Å². The third-order valence-electron chi connectivity index (χ3n) is 5.80. The summed E-state index contributed by atoms with van der Waals surface area (Å²) >= 11 is 6.19. The molecule has 2 aliphatic heterocycles. The van der Waals surface area contributed by atoms with Gasteiger partial charge in [0.25, 0.3) is 5.91 Å². The molecular weight excluding hydrogens is 393 g/mol. The number of nitrogens with one attached hydrogen (secondary N) is 1. The van der Waals surface area contributed by atoms with Gasteiger partial charge < -0.3 is 4.90 Å². The van der Waals surface area contributed by atoms with Gasteiger partial charge in [-0.25, -0.2) is 14.4 Å². The van der Waals surface area contributed by atoms with Crippen molar-refractivity contribution in [1.29, 1.82) is 0 Å². The van der Waals surface area contributed by atoms with Crippen LogP contribution in [0.3, 0.4) is 0 Å². The van der Waals surface area contributed by atoms with Gasteiger partial charge in [-0.15, -0.1) is 0 Å². The lowest BCUT2D eigenvalue weighted by molar-refractivity contribution is 0.0389. The highest BCUT2D eigenvalue weighted by molar-refractivity contribution is 6.33. The van der Waals surface area contributed by atoms with Crippen molar-refractivity contribution in [3.63, 3.8) is 0 Å². The van der Waals surface area contributed by atoms with Crippen molar-refractivity contribution in [3.05, 3.63) is 63.9 Å². The lowest BCUT2D eigenvalue weighted by Gasteiger charge is -2.46. The lowest BCUT2D eigenvalue weighted by Crippen LogP contribution is -2.50. The Kier molecular flexibility index (Phi) is 4.35. The maximum atomic E-state index is 13.5. The average molecular weight is 412 g/mol. The van der Waals surface area contributed by atoms with Gasteiger partial charge in [-0.1, -0.05) is 11.6 Å². The molecule has 0 aliphatic carbocycles. The van der Waals surface area contributed by atoms with Crippen molar-refractivity contribution in [2.75, 3.05) is 0 Å². The van der Waals surface area contributed by atoms with Crippen molar-refractivity contribution >= 4 is 17.5 Å². The zero-order chi connectivity index (χ0) is 20.1. The third kappa shape index (κ3) is 3.00. The predicted octanol–water partition coefficient (Wildman–Crippen LogP) is 4.26. The molecule has 2 aromatic heterocycles. The summed E-state index contributed by atoms with van der Waals surface area (Å²) in [6.45, 7) is 1.86. The van der Waals surface area contributed by atoms with E-state index in [-0.39, 0.29) is 23.0 Å². The molecule has 1 amide bonds. The summed E-state index contributed by atoms with van der Waals surface area (Å²) in [4.78, 5) is 24.7. The number of nitrogens with zero attached hydrogens (tertiary/aromatic N) is 4. The van der Waals surface area contributed by atoms with Crippen LogP contribution in [0.5, 0.6) is 0 Å². The van der Waals surface area contributed by atoms with E-state index in [2.05, 4.69) is 15.2 Å². The molecule has 2 aliphatic rings. The summed E-state index contributed by atoms with van der Waals surface area (Å²) in [6, 6.07) is 5.71. The van der Waals surface area contributed by atoms with Crippen molar-refractivity contribution in [2.45, 2.75) is 44.7 Å². The summed E-state index contributed by atoms with van der Waals surface area (Å²) in [5, 5.41) is 7.18. The first kappa shape index (κ1) is 18.2. The van der Waals surface area contributed by atoms with Crippen molar-refractivity contribution in [1.82, 2.24) is 25.1 Å². The van der Waals surface area contributed by atoms with Gasteiger partial charge in [0.05, 0.1) is 33.7 Å². The molecule has 5 rings (SSSR count). The van der Waals surface area contributed by atoms with E-state index in [0.29, 0.717) is 17.8 Å². The van der Waals surface area contributed by atoms with Crippen LogP contribution < -0.4 is 0 Å². The molecule has 2 bridgehead atoms. The number of fused-ring (bicyclic) bond motifs is 4. The number of amides is 1. The number of piperidine rings is 1. The molecular formula is C21H19ClFN5O.